The summed E-state index contributed by atoms with van der Waals surface area (Å²) in [5.41, 5.74) is -1.22. The molecule has 0 radical (unpaired) electrons. The van der Waals surface area contributed by atoms with Crippen molar-refractivity contribution < 1.29 is 9.90 Å². The fraction of sp³-hybridized carbons (Fsp3) is 0.667. The first-order valence-electron chi connectivity index (χ1n) is 6.81. The Morgan fingerprint density at radius 3 is 2.65 bits per heavy atom. The molecular weight excluding hydrogens is 212 g/mol. The van der Waals surface area contributed by atoms with Gasteiger partial charge in [0.1, 0.15) is 5.60 Å². The quantitative estimate of drug-likeness (QED) is 0.811. The first-order chi connectivity index (χ1) is 8.21. The highest BCUT2D eigenvalue weighted by molar-refractivity contribution is 5.89. The standard InChI is InChI=1S/C15H22O2/c16-14(15(17)11-5-2-6-12-15)10-9-13-7-3-1-4-8-13/h2,5-6,11,13,17H,1,3-4,7-10,12H2. The predicted molar refractivity (Wildman–Crippen MR) is 68.7 cm³/mol. The Morgan fingerprint density at radius 2 is 2.00 bits per heavy atom. The molecule has 2 aliphatic carbocycles. The molecule has 2 heteroatoms. The maximum absolute atomic E-state index is 12.0. The predicted octanol–water partition coefficient (Wildman–Crippen LogP) is 3.16. The molecule has 0 aromatic carbocycles. The van der Waals surface area contributed by atoms with Crippen molar-refractivity contribution in [2.45, 2.75) is 57.0 Å². The van der Waals surface area contributed by atoms with Crippen LogP contribution in [-0.2, 0) is 4.79 Å². The molecule has 1 saturated carbocycles. The average molecular weight is 234 g/mol. The maximum Gasteiger partial charge on any atom is 0.168 e. The molecule has 0 amide bonds. The van der Waals surface area contributed by atoms with E-state index in [2.05, 4.69) is 0 Å². The Labute approximate surface area is 103 Å². The number of aliphatic hydroxyl groups is 1. The number of allylic oxidation sites excluding steroid dienone is 2. The lowest BCUT2D eigenvalue weighted by molar-refractivity contribution is -0.133. The van der Waals surface area contributed by atoms with E-state index < -0.39 is 5.60 Å². The molecule has 0 aliphatic heterocycles. The van der Waals surface area contributed by atoms with Gasteiger partial charge in [0.15, 0.2) is 5.78 Å². The van der Waals surface area contributed by atoms with Crippen LogP contribution in [0.15, 0.2) is 24.3 Å². The van der Waals surface area contributed by atoms with Crippen molar-refractivity contribution in [3.8, 4) is 0 Å². The van der Waals surface area contributed by atoms with E-state index in [1.165, 1.54) is 32.1 Å². The van der Waals surface area contributed by atoms with Gasteiger partial charge < -0.3 is 5.11 Å². The van der Waals surface area contributed by atoms with Gasteiger partial charge >= 0.3 is 0 Å². The second-order valence-corrected chi connectivity index (χ2v) is 5.38. The Bertz CT molecular complexity index is 324. The molecule has 0 heterocycles. The number of hydrogen-bond donors (Lipinski definition) is 1. The summed E-state index contributed by atoms with van der Waals surface area (Å²) in [7, 11) is 0. The monoisotopic (exact) mass is 234 g/mol. The van der Waals surface area contributed by atoms with E-state index in [0.717, 1.165) is 6.42 Å². The smallest absolute Gasteiger partial charge is 0.168 e. The molecule has 2 rings (SSSR count). The van der Waals surface area contributed by atoms with Crippen molar-refractivity contribution in [1.82, 2.24) is 0 Å². The van der Waals surface area contributed by atoms with Gasteiger partial charge in [0.2, 0.25) is 0 Å². The highest BCUT2D eigenvalue weighted by Gasteiger charge is 2.32. The van der Waals surface area contributed by atoms with Gasteiger partial charge in [0.05, 0.1) is 0 Å². The fourth-order valence-corrected chi connectivity index (χ4v) is 2.84. The minimum Gasteiger partial charge on any atom is -0.378 e. The van der Waals surface area contributed by atoms with Crippen LogP contribution in [0.4, 0.5) is 0 Å². The van der Waals surface area contributed by atoms with Crippen LogP contribution in [0.2, 0.25) is 0 Å². The number of carbonyl (C=O) groups excluding carboxylic acids is 1. The van der Waals surface area contributed by atoms with Crippen molar-refractivity contribution in [2.24, 2.45) is 5.92 Å². The minimum atomic E-state index is -1.22. The molecule has 0 aromatic rings. The van der Waals surface area contributed by atoms with Gasteiger partial charge in [-0.3, -0.25) is 4.79 Å². The van der Waals surface area contributed by atoms with Crippen molar-refractivity contribution in [1.29, 1.82) is 0 Å². The molecule has 2 nitrogen and oxygen atoms in total. The first-order valence-corrected chi connectivity index (χ1v) is 6.81. The topological polar surface area (TPSA) is 37.3 Å². The summed E-state index contributed by atoms with van der Waals surface area (Å²) in [4.78, 5) is 12.0. The van der Waals surface area contributed by atoms with Gasteiger partial charge in [-0.2, -0.15) is 0 Å². The molecular formula is C15H22O2. The second kappa shape index (κ2) is 5.63. The summed E-state index contributed by atoms with van der Waals surface area (Å²) in [5, 5.41) is 10.2. The van der Waals surface area contributed by atoms with Crippen LogP contribution in [0.25, 0.3) is 0 Å². The van der Waals surface area contributed by atoms with Gasteiger partial charge in [-0.1, -0.05) is 50.3 Å². The molecule has 1 N–H and O–H groups in total. The molecule has 1 fully saturated rings. The fourth-order valence-electron chi connectivity index (χ4n) is 2.84. The highest BCUT2D eigenvalue weighted by atomic mass is 16.3. The minimum absolute atomic E-state index is 0.0105. The molecule has 0 bridgehead atoms. The lowest BCUT2D eigenvalue weighted by atomic mass is 9.82. The summed E-state index contributed by atoms with van der Waals surface area (Å²) in [5.74, 6) is 0.697. The molecule has 1 atom stereocenters. The largest absolute Gasteiger partial charge is 0.378 e. The van der Waals surface area contributed by atoms with E-state index >= 15 is 0 Å². The lowest BCUT2D eigenvalue weighted by Crippen LogP contribution is -2.37. The van der Waals surface area contributed by atoms with Crippen molar-refractivity contribution in [3.05, 3.63) is 24.3 Å². The number of ketones is 1. The van der Waals surface area contributed by atoms with Gasteiger partial charge in [-0.05, 0) is 18.4 Å². The van der Waals surface area contributed by atoms with E-state index in [-0.39, 0.29) is 5.78 Å². The zero-order valence-corrected chi connectivity index (χ0v) is 10.4. The Kier molecular flexibility index (Phi) is 4.16. The first kappa shape index (κ1) is 12.6. The second-order valence-electron chi connectivity index (χ2n) is 5.38. The molecule has 0 spiro atoms. The number of Topliss-reactive ketones (excluding diaryl/α,β-unsaturated/α-hetero) is 1. The summed E-state index contributed by atoms with van der Waals surface area (Å²) in [6.07, 6.45) is 15.6. The third-order valence-electron chi connectivity index (χ3n) is 4.04. The Morgan fingerprint density at radius 1 is 1.24 bits per heavy atom. The molecule has 0 aromatic heterocycles. The van der Waals surface area contributed by atoms with E-state index in [1.54, 1.807) is 12.2 Å². The van der Waals surface area contributed by atoms with Gasteiger partial charge in [-0.15, -0.1) is 0 Å². The van der Waals surface area contributed by atoms with E-state index in [0.29, 0.717) is 18.8 Å². The van der Waals surface area contributed by atoms with Crippen LogP contribution < -0.4 is 0 Å². The van der Waals surface area contributed by atoms with Crippen LogP contribution in [0.1, 0.15) is 51.4 Å². The summed E-state index contributed by atoms with van der Waals surface area (Å²) < 4.78 is 0. The van der Waals surface area contributed by atoms with Crippen LogP contribution in [-0.4, -0.2) is 16.5 Å². The number of rotatable bonds is 4. The van der Waals surface area contributed by atoms with Gasteiger partial charge in [-0.25, -0.2) is 0 Å². The Hall–Kier alpha value is -0.890. The van der Waals surface area contributed by atoms with Crippen LogP contribution in [0, 0.1) is 5.92 Å². The third kappa shape index (κ3) is 3.29. The van der Waals surface area contributed by atoms with Crippen molar-refractivity contribution in [3.63, 3.8) is 0 Å². The lowest BCUT2D eigenvalue weighted by Gasteiger charge is -2.26. The van der Waals surface area contributed by atoms with Crippen molar-refractivity contribution in [2.75, 3.05) is 0 Å². The van der Waals surface area contributed by atoms with E-state index in [9.17, 15) is 9.90 Å². The van der Waals surface area contributed by atoms with Crippen LogP contribution >= 0.6 is 0 Å². The molecule has 2 aliphatic rings. The number of carbonyl (C=O) groups is 1. The molecule has 1 unspecified atom stereocenters. The third-order valence-corrected chi connectivity index (χ3v) is 4.04. The molecule has 0 saturated heterocycles. The van der Waals surface area contributed by atoms with E-state index in [1.807, 2.05) is 12.2 Å². The van der Waals surface area contributed by atoms with Crippen LogP contribution in [0.3, 0.4) is 0 Å². The van der Waals surface area contributed by atoms with Gasteiger partial charge in [0, 0.05) is 12.8 Å². The molecule has 17 heavy (non-hydrogen) atoms. The Balaban J connectivity index is 1.80. The molecule has 94 valence electrons. The maximum atomic E-state index is 12.0. The number of hydrogen-bond acceptors (Lipinski definition) is 2. The zero-order chi connectivity index (χ0) is 12.1. The van der Waals surface area contributed by atoms with Crippen LogP contribution in [0.5, 0.6) is 0 Å². The summed E-state index contributed by atoms with van der Waals surface area (Å²) >= 11 is 0. The zero-order valence-electron chi connectivity index (χ0n) is 10.4. The SMILES string of the molecule is O=C(CCC1CCCCC1)C1(O)C=CC=CC1. The summed E-state index contributed by atoms with van der Waals surface area (Å²) in [6, 6.07) is 0. The normalized spacial score (nSPS) is 29.5. The summed E-state index contributed by atoms with van der Waals surface area (Å²) in [6.45, 7) is 0. The highest BCUT2D eigenvalue weighted by Crippen LogP contribution is 2.29. The average Bonchev–Trinajstić information content (AvgIpc) is 2.38. The van der Waals surface area contributed by atoms with Crippen molar-refractivity contribution >= 4 is 5.78 Å². The van der Waals surface area contributed by atoms with Gasteiger partial charge in [0.25, 0.3) is 0 Å². The van der Waals surface area contributed by atoms with E-state index in [4.69, 9.17) is 0 Å².